The van der Waals surface area contributed by atoms with Crippen molar-refractivity contribution in [2.24, 2.45) is 0 Å². The zero-order chi connectivity index (χ0) is 11.4. The third kappa shape index (κ3) is 3.30. The molecule has 88 valence electrons. The molecule has 1 aromatic heterocycles. The van der Waals surface area contributed by atoms with Gasteiger partial charge in [-0.05, 0) is 53.9 Å². The molecule has 0 bridgehead atoms. The predicted molar refractivity (Wildman–Crippen MR) is 70.0 cm³/mol. The van der Waals surface area contributed by atoms with Gasteiger partial charge in [0.1, 0.15) is 0 Å². The molecule has 3 nitrogen and oxygen atoms in total. The maximum absolute atomic E-state index is 11.7. The normalized spacial score (nSPS) is 19.9. The second-order valence-electron chi connectivity index (χ2n) is 3.94. The first-order chi connectivity index (χ1) is 7.75. The maximum atomic E-state index is 11.7. The molecule has 1 atom stereocenters. The predicted octanol–water partition coefficient (Wildman–Crippen LogP) is 2.38. The Labute approximate surface area is 108 Å². The highest BCUT2D eigenvalue weighted by molar-refractivity contribution is 9.11. The molecular weight excluding hydrogens is 288 g/mol. The van der Waals surface area contributed by atoms with Gasteiger partial charge in [-0.25, -0.2) is 0 Å². The van der Waals surface area contributed by atoms with Crippen LogP contribution in [0.2, 0.25) is 0 Å². The van der Waals surface area contributed by atoms with Crippen LogP contribution in [0.1, 0.15) is 28.9 Å². The molecule has 1 unspecified atom stereocenters. The largest absolute Gasteiger partial charge is 0.351 e. The van der Waals surface area contributed by atoms with E-state index in [0.717, 1.165) is 28.2 Å². The molecule has 2 N–H and O–H groups in total. The number of hydrogen-bond donors (Lipinski definition) is 2. The fourth-order valence-electron chi connectivity index (χ4n) is 1.89. The van der Waals surface area contributed by atoms with E-state index in [0.29, 0.717) is 6.04 Å². The van der Waals surface area contributed by atoms with Crippen LogP contribution in [0.4, 0.5) is 0 Å². The minimum Gasteiger partial charge on any atom is -0.351 e. The van der Waals surface area contributed by atoms with Crippen molar-refractivity contribution in [3.05, 3.63) is 20.8 Å². The van der Waals surface area contributed by atoms with Crippen molar-refractivity contribution < 1.29 is 4.79 Å². The summed E-state index contributed by atoms with van der Waals surface area (Å²) in [5, 5.41) is 6.37. The van der Waals surface area contributed by atoms with Crippen molar-refractivity contribution in [3.63, 3.8) is 0 Å². The first-order valence-corrected chi connectivity index (χ1v) is 7.13. The fraction of sp³-hybridized carbons (Fsp3) is 0.545. The van der Waals surface area contributed by atoms with Crippen molar-refractivity contribution in [3.8, 4) is 0 Å². The number of nitrogens with one attached hydrogen (secondary N) is 2. The van der Waals surface area contributed by atoms with Crippen LogP contribution in [0.25, 0.3) is 0 Å². The molecule has 1 saturated heterocycles. The second kappa shape index (κ2) is 5.80. The standard InChI is InChI=1S/C11H15BrN2OS/c12-10-4-3-9(16-10)11(15)14-7-5-8-2-1-6-13-8/h3-4,8,13H,1-2,5-7H2,(H,14,15). The van der Waals surface area contributed by atoms with E-state index in [9.17, 15) is 4.79 Å². The molecule has 1 aliphatic heterocycles. The van der Waals surface area contributed by atoms with Crippen molar-refractivity contribution in [1.29, 1.82) is 0 Å². The van der Waals surface area contributed by atoms with Crippen molar-refractivity contribution in [2.45, 2.75) is 25.3 Å². The maximum Gasteiger partial charge on any atom is 0.261 e. The summed E-state index contributed by atoms with van der Waals surface area (Å²) in [4.78, 5) is 12.5. The Morgan fingerprint density at radius 2 is 2.50 bits per heavy atom. The van der Waals surface area contributed by atoms with Gasteiger partial charge in [0.05, 0.1) is 8.66 Å². The third-order valence-corrected chi connectivity index (χ3v) is 4.36. The molecular formula is C11H15BrN2OS. The van der Waals surface area contributed by atoms with Crippen LogP contribution in [0.5, 0.6) is 0 Å². The topological polar surface area (TPSA) is 41.1 Å². The molecule has 1 fully saturated rings. The molecule has 2 heterocycles. The van der Waals surface area contributed by atoms with E-state index in [1.165, 1.54) is 24.2 Å². The molecule has 0 aliphatic carbocycles. The number of carbonyl (C=O) groups is 1. The number of hydrogen-bond acceptors (Lipinski definition) is 3. The van der Waals surface area contributed by atoms with Gasteiger partial charge in [0.15, 0.2) is 0 Å². The van der Waals surface area contributed by atoms with E-state index in [4.69, 9.17) is 0 Å². The Morgan fingerprint density at radius 1 is 1.62 bits per heavy atom. The van der Waals surface area contributed by atoms with Gasteiger partial charge in [-0.2, -0.15) is 0 Å². The number of carbonyl (C=O) groups excluding carboxylic acids is 1. The van der Waals surface area contributed by atoms with E-state index < -0.39 is 0 Å². The average Bonchev–Trinajstić information content (AvgIpc) is 2.89. The number of amides is 1. The number of halogens is 1. The molecule has 0 spiro atoms. The van der Waals surface area contributed by atoms with Crippen LogP contribution < -0.4 is 10.6 Å². The van der Waals surface area contributed by atoms with Gasteiger partial charge in [-0.15, -0.1) is 11.3 Å². The van der Waals surface area contributed by atoms with E-state index in [1.54, 1.807) is 0 Å². The smallest absolute Gasteiger partial charge is 0.261 e. The summed E-state index contributed by atoms with van der Waals surface area (Å²) in [6.45, 7) is 1.88. The van der Waals surface area contributed by atoms with Crippen LogP contribution in [0.3, 0.4) is 0 Å². The van der Waals surface area contributed by atoms with Crippen molar-refractivity contribution in [1.82, 2.24) is 10.6 Å². The summed E-state index contributed by atoms with van der Waals surface area (Å²) in [6, 6.07) is 4.34. The van der Waals surface area contributed by atoms with Crippen LogP contribution in [0.15, 0.2) is 15.9 Å². The first-order valence-electron chi connectivity index (χ1n) is 5.52. The van der Waals surface area contributed by atoms with Crippen LogP contribution in [-0.2, 0) is 0 Å². The molecule has 2 rings (SSSR count). The lowest BCUT2D eigenvalue weighted by molar-refractivity contribution is 0.0956. The summed E-state index contributed by atoms with van der Waals surface area (Å²) < 4.78 is 0.995. The molecule has 0 saturated carbocycles. The molecule has 0 radical (unpaired) electrons. The van der Waals surface area contributed by atoms with Crippen molar-refractivity contribution in [2.75, 3.05) is 13.1 Å². The Morgan fingerprint density at radius 3 is 3.12 bits per heavy atom. The lowest BCUT2D eigenvalue weighted by Crippen LogP contribution is -2.30. The molecule has 5 heteroatoms. The second-order valence-corrected chi connectivity index (χ2v) is 6.40. The highest BCUT2D eigenvalue weighted by Gasteiger charge is 2.14. The third-order valence-electron chi connectivity index (χ3n) is 2.74. The minimum atomic E-state index is 0.0358. The van der Waals surface area contributed by atoms with Crippen LogP contribution in [-0.4, -0.2) is 25.0 Å². The Balaban J connectivity index is 1.71. The van der Waals surface area contributed by atoms with Crippen LogP contribution >= 0.6 is 27.3 Å². The highest BCUT2D eigenvalue weighted by Crippen LogP contribution is 2.21. The van der Waals surface area contributed by atoms with Gasteiger partial charge >= 0.3 is 0 Å². The van der Waals surface area contributed by atoms with Gasteiger partial charge in [-0.1, -0.05) is 0 Å². The van der Waals surface area contributed by atoms with Crippen LogP contribution in [0, 0.1) is 0 Å². The van der Waals surface area contributed by atoms with Gasteiger partial charge in [0.25, 0.3) is 5.91 Å². The average molecular weight is 303 g/mol. The Kier molecular flexibility index (Phi) is 4.37. The Hall–Kier alpha value is -0.390. The molecule has 1 amide bonds. The molecule has 1 aliphatic rings. The lowest BCUT2D eigenvalue weighted by Gasteiger charge is -2.09. The zero-order valence-corrected chi connectivity index (χ0v) is 11.4. The van der Waals surface area contributed by atoms with E-state index >= 15 is 0 Å². The van der Waals surface area contributed by atoms with Gasteiger partial charge in [-0.3, -0.25) is 4.79 Å². The molecule has 16 heavy (non-hydrogen) atoms. The lowest BCUT2D eigenvalue weighted by atomic mass is 10.1. The highest BCUT2D eigenvalue weighted by atomic mass is 79.9. The van der Waals surface area contributed by atoms with E-state index in [-0.39, 0.29) is 5.91 Å². The summed E-state index contributed by atoms with van der Waals surface area (Å²) in [5.74, 6) is 0.0358. The van der Waals surface area contributed by atoms with Crippen molar-refractivity contribution >= 4 is 33.2 Å². The number of thiophene rings is 1. The first kappa shape index (κ1) is 12.1. The minimum absolute atomic E-state index is 0.0358. The summed E-state index contributed by atoms with van der Waals surface area (Å²) in [5.41, 5.74) is 0. The van der Waals surface area contributed by atoms with Gasteiger partial charge < -0.3 is 10.6 Å². The van der Waals surface area contributed by atoms with Gasteiger partial charge in [0, 0.05) is 12.6 Å². The summed E-state index contributed by atoms with van der Waals surface area (Å²) >= 11 is 4.82. The van der Waals surface area contributed by atoms with Gasteiger partial charge in [0.2, 0.25) is 0 Å². The number of rotatable bonds is 4. The summed E-state index contributed by atoms with van der Waals surface area (Å²) in [6.07, 6.45) is 3.52. The zero-order valence-electron chi connectivity index (χ0n) is 8.96. The fourth-order valence-corrected chi connectivity index (χ4v) is 3.19. The SMILES string of the molecule is O=C(NCCC1CCCN1)c1ccc(Br)s1. The summed E-state index contributed by atoms with van der Waals surface area (Å²) in [7, 11) is 0. The molecule has 0 aromatic carbocycles. The van der Waals surface area contributed by atoms with E-state index in [2.05, 4.69) is 26.6 Å². The Bertz CT molecular complexity index is 361. The van der Waals surface area contributed by atoms with E-state index in [1.807, 2.05) is 12.1 Å². The quantitative estimate of drug-likeness (QED) is 0.896. The monoisotopic (exact) mass is 302 g/mol. The molecule has 1 aromatic rings.